The summed E-state index contributed by atoms with van der Waals surface area (Å²) in [5.74, 6) is -0.832. The summed E-state index contributed by atoms with van der Waals surface area (Å²) < 4.78 is 25.0. The summed E-state index contributed by atoms with van der Waals surface area (Å²) in [6.07, 6.45) is 0. The maximum absolute atomic E-state index is 11.1. The van der Waals surface area contributed by atoms with Gasteiger partial charge < -0.3 is 4.74 Å². The third-order valence-corrected chi connectivity index (χ3v) is 2.40. The van der Waals surface area contributed by atoms with Crippen molar-refractivity contribution in [3.05, 3.63) is 20.8 Å². The molecule has 4 heteroatoms. The molecule has 0 unspecified atom stereocenters. The molecule has 0 fully saturated rings. The van der Waals surface area contributed by atoms with E-state index in [1.54, 1.807) is 0 Å². The van der Waals surface area contributed by atoms with Crippen molar-refractivity contribution < 1.29 is 13.6 Å². The Hall–Kier alpha value is -0.350. The van der Waals surface area contributed by atoms with Crippen LogP contribution in [0.25, 0.3) is 0 Å². The molecule has 0 spiro atoms. The normalized spacial score (nSPS) is 15.1. The van der Waals surface area contributed by atoms with E-state index in [2.05, 4.69) is 20.7 Å². The second-order valence-electron chi connectivity index (χ2n) is 1.53. The number of hydrogen-bond acceptors (Lipinski definition) is 3. The third kappa shape index (κ3) is 1.58. The van der Waals surface area contributed by atoms with Gasteiger partial charge >= 0.3 is 5.97 Å². The van der Waals surface area contributed by atoms with Crippen molar-refractivity contribution in [2.45, 2.75) is 0 Å². The zero-order chi connectivity index (χ0) is 10.1. The van der Waals surface area contributed by atoms with Gasteiger partial charge in [0.25, 0.3) is 0 Å². The van der Waals surface area contributed by atoms with E-state index in [4.69, 9.17) is 4.11 Å². The summed E-state index contributed by atoms with van der Waals surface area (Å²) in [6, 6.07) is 1.51. The zero-order valence-corrected chi connectivity index (χ0v) is 7.16. The molecule has 10 heavy (non-hydrogen) atoms. The van der Waals surface area contributed by atoms with Crippen LogP contribution in [0.1, 0.15) is 14.5 Å². The maximum Gasteiger partial charge on any atom is 0.338 e. The van der Waals surface area contributed by atoms with Crippen LogP contribution in [0.3, 0.4) is 0 Å². The van der Waals surface area contributed by atoms with Crippen molar-refractivity contribution in [1.29, 1.82) is 0 Å². The predicted octanol–water partition coefficient (Wildman–Crippen LogP) is 2.30. The third-order valence-electron chi connectivity index (χ3n) is 0.896. The molecule has 1 aromatic rings. The molecule has 0 aliphatic rings. The van der Waals surface area contributed by atoms with Gasteiger partial charge in [-0.05, 0) is 22.0 Å². The minimum atomic E-state index is -2.68. The lowest BCUT2D eigenvalue weighted by Crippen LogP contribution is -1.97. The largest absolute Gasteiger partial charge is 0.465 e. The van der Waals surface area contributed by atoms with Gasteiger partial charge in [-0.25, -0.2) is 4.79 Å². The highest BCUT2D eigenvalue weighted by Gasteiger charge is 2.05. The number of hydrogen-bond donors (Lipinski definition) is 0. The fraction of sp³-hybridized carbons (Fsp3) is 0.167. The lowest BCUT2D eigenvalue weighted by atomic mass is 10.4. The van der Waals surface area contributed by atoms with Crippen LogP contribution in [0, 0.1) is 0 Å². The first kappa shape index (κ1) is 4.51. The van der Waals surface area contributed by atoms with Gasteiger partial charge in [-0.3, -0.25) is 0 Å². The molecule has 1 heterocycles. The highest BCUT2D eigenvalue weighted by atomic mass is 79.9. The number of esters is 1. The summed E-state index contributed by atoms with van der Waals surface area (Å²) in [7, 11) is -2.68. The van der Waals surface area contributed by atoms with E-state index >= 15 is 0 Å². The number of ether oxygens (including phenoxy) is 1. The molecule has 0 saturated heterocycles. The summed E-state index contributed by atoms with van der Waals surface area (Å²) in [6.45, 7) is 0. The van der Waals surface area contributed by atoms with Gasteiger partial charge in [-0.1, -0.05) is 0 Å². The van der Waals surface area contributed by atoms with Gasteiger partial charge in [0.1, 0.15) is 0 Å². The van der Waals surface area contributed by atoms with Gasteiger partial charge in [-0.15, -0.1) is 11.3 Å². The average molecular weight is 224 g/mol. The van der Waals surface area contributed by atoms with Crippen molar-refractivity contribution in [2.24, 2.45) is 0 Å². The molecule has 0 aliphatic heterocycles. The van der Waals surface area contributed by atoms with Crippen LogP contribution < -0.4 is 0 Å². The van der Waals surface area contributed by atoms with Crippen LogP contribution in [0.5, 0.6) is 0 Å². The quantitative estimate of drug-likeness (QED) is 0.684. The summed E-state index contributed by atoms with van der Waals surface area (Å²) in [4.78, 5) is 11.1. The minimum Gasteiger partial charge on any atom is -0.465 e. The van der Waals surface area contributed by atoms with Crippen LogP contribution >= 0.6 is 27.3 Å². The van der Waals surface area contributed by atoms with Gasteiger partial charge in [-0.2, -0.15) is 0 Å². The van der Waals surface area contributed by atoms with Gasteiger partial charge in [0, 0.05) is 5.38 Å². The van der Waals surface area contributed by atoms with E-state index in [0.717, 1.165) is 3.79 Å². The number of methoxy groups -OCH3 is 1. The Bertz CT molecular complexity index is 320. The molecule has 0 aliphatic carbocycles. The fourth-order valence-corrected chi connectivity index (χ4v) is 1.60. The number of carbonyl (C=O) groups excluding carboxylic acids is 1. The van der Waals surface area contributed by atoms with Crippen LogP contribution in [0.15, 0.2) is 15.2 Å². The minimum absolute atomic E-state index is 0.244. The Morgan fingerprint density at radius 3 is 3.30 bits per heavy atom. The molecule has 0 N–H and O–H groups in total. The van der Waals surface area contributed by atoms with Crippen LogP contribution in [0.4, 0.5) is 0 Å². The van der Waals surface area contributed by atoms with Crippen molar-refractivity contribution in [3.8, 4) is 0 Å². The van der Waals surface area contributed by atoms with E-state index in [0.29, 0.717) is 0 Å². The standard InChI is InChI=1S/C6H5BrO2S/c1-9-6(8)4-2-5(7)10-3-4/h2-3H,1H3/i1D3. The number of carbonyl (C=O) groups is 1. The zero-order valence-electron chi connectivity index (χ0n) is 7.76. The SMILES string of the molecule is [2H]C([2H])([2H])OC(=O)c1csc(Br)c1. The lowest BCUT2D eigenvalue weighted by molar-refractivity contribution is 0.0601. The Kier molecular flexibility index (Phi) is 1.43. The average Bonchev–Trinajstić information content (AvgIpc) is 2.31. The number of halogens is 1. The van der Waals surface area contributed by atoms with E-state index in [-0.39, 0.29) is 5.56 Å². The van der Waals surface area contributed by atoms with Crippen LogP contribution in [-0.2, 0) is 4.74 Å². The lowest BCUT2D eigenvalue weighted by Gasteiger charge is -1.90. The van der Waals surface area contributed by atoms with Gasteiger partial charge in [0.15, 0.2) is 0 Å². The van der Waals surface area contributed by atoms with E-state index in [1.165, 1.54) is 22.8 Å². The van der Waals surface area contributed by atoms with Crippen molar-refractivity contribution >= 4 is 33.2 Å². The van der Waals surface area contributed by atoms with Crippen molar-refractivity contribution in [1.82, 2.24) is 0 Å². The van der Waals surface area contributed by atoms with Gasteiger partial charge in [0.05, 0.1) is 20.5 Å². The highest BCUT2D eigenvalue weighted by Crippen LogP contribution is 2.20. The Morgan fingerprint density at radius 1 is 2.00 bits per heavy atom. The first-order valence-electron chi connectivity index (χ1n) is 3.86. The van der Waals surface area contributed by atoms with Crippen LogP contribution in [0.2, 0.25) is 0 Å². The van der Waals surface area contributed by atoms with Gasteiger partial charge in [0.2, 0.25) is 0 Å². The molecule has 2 nitrogen and oxygen atoms in total. The molecule has 54 valence electrons. The summed E-state index contributed by atoms with van der Waals surface area (Å²) >= 11 is 4.44. The van der Waals surface area contributed by atoms with E-state index < -0.39 is 13.0 Å². The Morgan fingerprint density at radius 2 is 2.80 bits per heavy atom. The highest BCUT2D eigenvalue weighted by molar-refractivity contribution is 9.11. The molecule has 0 radical (unpaired) electrons. The number of thiophene rings is 1. The monoisotopic (exact) mass is 223 g/mol. The molecule has 0 aromatic carbocycles. The van der Waals surface area contributed by atoms with Crippen LogP contribution in [-0.4, -0.2) is 13.0 Å². The second kappa shape index (κ2) is 3.16. The first-order valence-corrected chi connectivity index (χ1v) is 4.03. The molecule has 0 saturated carbocycles. The summed E-state index contributed by atoms with van der Waals surface area (Å²) in [5, 5.41) is 1.53. The second-order valence-corrected chi connectivity index (χ2v) is 3.82. The first-order chi connectivity index (χ1) is 5.88. The fourth-order valence-electron chi connectivity index (χ4n) is 0.476. The smallest absolute Gasteiger partial charge is 0.338 e. The van der Waals surface area contributed by atoms with E-state index in [1.807, 2.05) is 0 Å². The molecule has 0 bridgehead atoms. The molecule has 0 atom stereocenters. The van der Waals surface area contributed by atoms with E-state index in [9.17, 15) is 4.79 Å². The van der Waals surface area contributed by atoms with Crippen molar-refractivity contribution in [3.63, 3.8) is 0 Å². The summed E-state index contributed by atoms with van der Waals surface area (Å²) in [5.41, 5.74) is 0.244. The molecular formula is C6H5BrO2S. The predicted molar refractivity (Wildman–Crippen MR) is 43.4 cm³/mol. The van der Waals surface area contributed by atoms with Crippen molar-refractivity contribution in [2.75, 3.05) is 7.04 Å². The molecule has 0 amide bonds. The Balaban J connectivity index is 2.70. The molecule has 1 aromatic heterocycles. The topological polar surface area (TPSA) is 26.3 Å². The number of rotatable bonds is 1. The molecule has 1 rings (SSSR count). The Labute approximate surface area is 75.2 Å². The maximum atomic E-state index is 11.1. The molecular weight excluding hydrogens is 216 g/mol.